The summed E-state index contributed by atoms with van der Waals surface area (Å²) in [4.78, 5) is 38.2. The van der Waals surface area contributed by atoms with Crippen LogP contribution in [0.15, 0.2) is 48.5 Å². The molecule has 2 amide bonds. The third kappa shape index (κ3) is 4.25. The molecule has 2 N–H and O–H groups in total. The van der Waals surface area contributed by atoms with Crippen molar-refractivity contribution in [3.8, 4) is 11.1 Å². The van der Waals surface area contributed by atoms with Crippen LogP contribution in [0.25, 0.3) is 11.1 Å². The number of nitrogens with zero attached hydrogens (tertiary/aromatic N) is 1. The average molecular weight is 483 g/mol. The number of nitrogens with one attached hydrogen (secondary N) is 1. The van der Waals surface area contributed by atoms with E-state index < -0.39 is 24.2 Å². The molecule has 0 saturated carbocycles. The van der Waals surface area contributed by atoms with Crippen molar-refractivity contribution in [3.63, 3.8) is 0 Å². The summed E-state index contributed by atoms with van der Waals surface area (Å²) < 4.78 is 11.2. The van der Waals surface area contributed by atoms with Crippen LogP contribution in [-0.4, -0.2) is 71.5 Å². The lowest BCUT2D eigenvalue weighted by Gasteiger charge is -2.26. The number of benzene rings is 2. The number of rotatable bonds is 6. The van der Waals surface area contributed by atoms with Crippen LogP contribution in [0.3, 0.4) is 0 Å². The van der Waals surface area contributed by atoms with Crippen molar-refractivity contribution in [1.82, 2.24) is 10.2 Å². The molecule has 2 aromatic carbocycles. The van der Waals surface area contributed by atoms with Gasteiger partial charge in [-0.15, -0.1) is 11.8 Å². The zero-order chi connectivity index (χ0) is 23.7. The molecule has 3 aliphatic rings. The fraction of sp³-hybridized carbons (Fsp3) is 0.400. The number of ether oxygens (including phenoxy) is 2. The number of carboxylic acid groups (broad SMARTS) is 1. The van der Waals surface area contributed by atoms with Crippen molar-refractivity contribution in [2.45, 2.75) is 24.5 Å². The Morgan fingerprint density at radius 2 is 1.76 bits per heavy atom. The van der Waals surface area contributed by atoms with Crippen LogP contribution < -0.4 is 5.32 Å². The van der Waals surface area contributed by atoms with E-state index >= 15 is 0 Å². The molecular formula is C25H26N2O6S. The molecule has 178 valence electrons. The number of thioether (sulfide) groups is 1. The Bertz CT molecular complexity index is 1060. The molecule has 1 aliphatic carbocycles. The minimum absolute atomic E-state index is 0.0251. The largest absolute Gasteiger partial charge is 0.480 e. The molecule has 8 nitrogen and oxygen atoms in total. The molecule has 5 rings (SSSR count). The number of fused-ring (bicyclic) bond motifs is 3. The van der Waals surface area contributed by atoms with E-state index in [0.717, 1.165) is 22.3 Å². The first-order chi connectivity index (χ1) is 16.5. The van der Waals surface area contributed by atoms with Gasteiger partial charge in [0.2, 0.25) is 0 Å². The van der Waals surface area contributed by atoms with Crippen molar-refractivity contribution in [3.05, 3.63) is 59.7 Å². The summed E-state index contributed by atoms with van der Waals surface area (Å²) in [5.41, 5.74) is 4.61. The van der Waals surface area contributed by atoms with Crippen LogP contribution >= 0.6 is 11.8 Å². The highest BCUT2D eigenvalue weighted by atomic mass is 32.2. The SMILES string of the molecule is O=C(NCC1CCOC1C(=O)N1CSC[C@H]1C(=O)O)OCC1c2ccccc2-c2ccccc21. The summed E-state index contributed by atoms with van der Waals surface area (Å²) in [5, 5.41) is 12.1. The molecule has 3 atom stereocenters. The Morgan fingerprint density at radius 3 is 2.44 bits per heavy atom. The van der Waals surface area contributed by atoms with Crippen molar-refractivity contribution >= 4 is 29.7 Å². The normalized spacial score (nSPS) is 23.4. The molecule has 2 saturated heterocycles. The lowest BCUT2D eigenvalue weighted by molar-refractivity contribution is -0.152. The van der Waals surface area contributed by atoms with Gasteiger partial charge in [-0.2, -0.15) is 0 Å². The Morgan fingerprint density at radius 1 is 1.09 bits per heavy atom. The molecule has 0 spiro atoms. The lowest BCUT2D eigenvalue weighted by atomic mass is 9.98. The minimum atomic E-state index is -1.01. The average Bonchev–Trinajstić information content (AvgIpc) is 3.59. The number of hydrogen-bond acceptors (Lipinski definition) is 6. The van der Waals surface area contributed by atoms with Crippen LogP contribution in [-0.2, 0) is 19.1 Å². The highest BCUT2D eigenvalue weighted by Crippen LogP contribution is 2.44. The zero-order valence-electron chi connectivity index (χ0n) is 18.5. The quantitative estimate of drug-likeness (QED) is 0.652. The maximum atomic E-state index is 12.9. The number of carbonyl (C=O) groups excluding carboxylic acids is 2. The second-order valence-corrected chi connectivity index (χ2v) is 9.71. The summed E-state index contributed by atoms with van der Waals surface area (Å²) in [5.74, 6) is -0.881. The number of amides is 2. The van der Waals surface area contributed by atoms with E-state index in [0.29, 0.717) is 24.7 Å². The molecule has 0 aromatic heterocycles. The fourth-order valence-corrected chi connectivity index (χ4v) is 6.16. The van der Waals surface area contributed by atoms with Gasteiger partial charge in [0.1, 0.15) is 18.8 Å². The molecule has 2 heterocycles. The van der Waals surface area contributed by atoms with Crippen molar-refractivity contribution < 1.29 is 29.0 Å². The maximum absolute atomic E-state index is 12.9. The molecule has 0 radical (unpaired) electrons. The molecule has 2 aliphatic heterocycles. The van der Waals surface area contributed by atoms with Crippen molar-refractivity contribution in [2.75, 3.05) is 31.4 Å². The van der Waals surface area contributed by atoms with Crippen LogP contribution in [0.2, 0.25) is 0 Å². The van der Waals surface area contributed by atoms with Gasteiger partial charge in [0, 0.05) is 30.7 Å². The van der Waals surface area contributed by atoms with Gasteiger partial charge in [-0.25, -0.2) is 9.59 Å². The summed E-state index contributed by atoms with van der Waals surface area (Å²) in [6.45, 7) is 0.840. The molecule has 2 fully saturated rings. The van der Waals surface area contributed by atoms with E-state index in [1.807, 2.05) is 24.3 Å². The topological polar surface area (TPSA) is 105 Å². The molecule has 2 aromatic rings. The first-order valence-corrected chi connectivity index (χ1v) is 12.5. The monoisotopic (exact) mass is 482 g/mol. The van der Waals surface area contributed by atoms with Crippen molar-refractivity contribution in [2.24, 2.45) is 5.92 Å². The Labute approximate surface area is 201 Å². The highest BCUT2D eigenvalue weighted by Gasteiger charge is 2.43. The van der Waals surface area contributed by atoms with Gasteiger partial charge in [0.05, 0.1) is 5.88 Å². The summed E-state index contributed by atoms with van der Waals surface area (Å²) in [7, 11) is 0. The van der Waals surface area contributed by atoms with Gasteiger partial charge in [-0.3, -0.25) is 4.79 Å². The standard InChI is InChI=1S/C25H26N2O6S/c28-23(27-14-34-13-21(27)24(29)30)22-15(9-10-32-22)11-26-25(31)33-12-20-18-7-3-1-5-16(18)17-6-2-4-8-19(17)20/h1-8,15,20-22H,9-14H2,(H,26,31)(H,29,30)/t15?,21-,22?/m0/s1. The number of alkyl carbamates (subject to hydrolysis) is 1. The summed E-state index contributed by atoms with van der Waals surface area (Å²) in [6.07, 6.45) is -0.687. The summed E-state index contributed by atoms with van der Waals surface area (Å²) in [6, 6.07) is 15.4. The van der Waals surface area contributed by atoms with Gasteiger partial charge in [-0.05, 0) is 28.7 Å². The van der Waals surface area contributed by atoms with Gasteiger partial charge in [-0.1, -0.05) is 48.5 Å². The Kier molecular flexibility index (Phi) is 6.47. The van der Waals surface area contributed by atoms with E-state index in [9.17, 15) is 19.5 Å². The first-order valence-electron chi connectivity index (χ1n) is 11.4. The van der Waals surface area contributed by atoms with E-state index in [-0.39, 0.29) is 30.9 Å². The number of hydrogen-bond donors (Lipinski definition) is 2. The van der Waals surface area contributed by atoms with E-state index in [1.165, 1.54) is 16.7 Å². The highest BCUT2D eigenvalue weighted by molar-refractivity contribution is 7.99. The van der Waals surface area contributed by atoms with Gasteiger partial charge in [0.15, 0.2) is 0 Å². The van der Waals surface area contributed by atoms with E-state index in [1.54, 1.807) is 0 Å². The van der Waals surface area contributed by atoms with Gasteiger partial charge >= 0.3 is 12.1 Å². The Hall–Kier alpha value is -3.04. The molecule has 0 bridgehead atoms. The molecule has 34 heavy (non-hydrogen) atoms. The Balaban J connectivity index is 1.17. The van der Waals surface area contributed by atoms with E-state index in [2.05, 4.69) is 29.6 Å². The maximum Gasteiger partial charge on any atom is 0.407 e. The minimum Gasteiger partial charge on any atom is -0.480 e. The van der Waals surface area contributed by atoms with E-state index in [4.69, 9.17) is 9.47 Å². The third-order valence-corrected chi connectivity index (χ3v) is 7.77. The van der Waals surface area contributed by atoms with Crippen LogP contribution in [0.5, 0.6) is 0 Å². The van der Waals surface area contributed by atoms with Crippen molar-refractivity contribution in [1.29, 1.82) is 0 Å². The molecule has 9 heteroatoms. The number of aliphatic carboxylic acids is 1. The van der Waals surface area contributed by atoms with Crippen LogP contribution in [0.1, 0.15) is 23.5 Å². The lowest BCUT2D eigenvalue weighted by Crippen LogP contribution is -2.49. The predicted octanol–water partition coefficient (Wildman–Crippen LogP) is 2.92. The molecule has 2 unspecified atom stereocenters. The second kappa shape index (κ2) is 9.68. The van der Waals surface area contributed by atoms with Crippen LogP contribution in [0.4, 0.5) is 4.79 Å². The number of carbonyl (C=O) groups is 3. The van der Waals surface area contributed by atoms with Gasteiger partial charge in [0.25, 0.3) is 5.91 Å². The van der Waals surface area contributed by atoms with Crippen LogP contribution in [0, 0.1) is 5.92 Å². The summed E-state index contributed by atoms with van der Waals surface area (Å²) >= 11 is 1.41. The smallest absolute Gasteiger partial charge is 0.407 e. The number of carboxylic acids is 1. The molecular weight excluding hydrogens is 456 g/mol. The third-order valence-electron chi connectivity index (χ3n) is 6.76. The fourth-order valence-electron chi connectivity index (χ4n) is 5.01. The van der Waals surface area contributed by atoms with Gasteiger partial charge < -0.3 is 24.8 Å². The zero-order valence-corrected chi connectivity index (χ0v) is 19.3. The predicted molar refractivity (Wildman–Crippen MR) is 127 cm³/mol. The second-order valence-electron chi connectivity index (χ2n) is 8.71. The first kappa shape index (κ1) is 22.7.